The average Bonchev–Trinajstić information content (AvgIpc) is 3.11. The van der Waals surface area contributed by atoms with Gasteiger partial charge < -0.3 is 15.1 Å². The number of para-hydroxylation sites is 1. The van der Waals surface area contributed by atoms with Crippen LogP contribution >= 0.6 is 11.6 Å². The Balaban J connectivity index is 1.88. The summed E-state index contributed by atoms with van der Waals surface area (Å²) in [5, 5.41) is 21.8. The number of benzene rings is 4. The summed E-state index contributed by atoms with van der Waals surface area (Å²) < 4.78 is 0. The van der Waals surface area contributed by atoms with Crippen LogP contribution in [0.5, 0.6) is 11.5 Å². The van der Waals surface area contributed by atoms with E-state index in [2.05, 4.69) is 0 Å². The maximum Gasteiger partial charge on any atom is 0.247 e. The van der Waals surface area contributed by atoms with Crippen molar-refractivity contribution in [2.24, 2.45) is 0 Å². The summed E-state index contributed by atoms with van der Waals surface area (Å²) in [5.74, 6) is 0.352. The van der Waals surface area contributed by atoms with Gasteiger partial charge in [0.15, 0.2) is 0 Å². The number of nitrogens with zero attached hydrogens (tertiary/aromatic N) is 1. The van der Waals surface area contributed by atoms with Crippen molar-refractivity contribution in [1.82, 2.24) is 0 Å². The van der Waals surface area contributed by atoms with E-state index in [4.69, 9.17) is 11.6 Å². The largest absolute Gasteiger partial charge is 0.507 e. The first-order valence-corrected chi connectivity index (χ1v) is 12.7. The molecule has 0 bridgehead atoms. The highest BCUT2D eigenvalue weighted by Gasteiger charge is 2.54. The molecule has 2 N–H and O–H groups in total. The molecule has 1 aliphatic heterocycles. The molecule has 1 amide bonds. The summed E-state index contributed by atoms with van der Waals surface area (Å²) in [5.41, 5.74) is 6.78. The highest BCUT2D eigenvalue weighted by molar-refractivity contribution is 6.31. The molecule has 0 fully saturated rings. The second-order valence-corrected chi connectivity index (χ2v) is 10.5. The van der Waals surface area contributed by atoms with E-state index >= 15 is 0 Å². The van der Waals surface area contributed by atoms with Crippen LogP contribution in [0.3, 0.4) is 0 Å². The lowest BCUT2D eigenvalue weighted by Crippen LogP contribution is -2.42. The molecule has 1 heterocycles. The van der Waals surface area contributed by atoms with Crippen LogP contribution in [0.25, 0.3) is 0 Å². The number of amides is 1. The van der Waals surface area contributed by atoms with Crippen LogP contribution in [0, 0.1) is 34.6 Å². The minimum atomic E-state index is -1.17. The number of hydrogen-bond donors (Lipinski definition) is 2. The molecule has 5 rings (SSSR count). The van der Waals surface area contributed by atoms with Crippen molar-refractivity contribution in [2.45, 2.75) is 46.6 Å². The number of aryl methyl sites for hydroxylation is 5. The first kappa shape index (κ1) is 24.9. The number of halogens is 1. The van der Waals surface area contributed by atoms with Crippen molar-refractivity contribution in [3.8, 4) is 11.5 Å². The number of phenols is 2. The third kappa shape index (κ3) is 3.70. The van der Waals surface area contributed by atoms with Gasteiger partial charge >= 0.3 is 0 Å². The monoisotopic (exact) mass is 511 g/mol. The number of phenolic OH excluding ortho intramolecular Hbond substituents is 2. The van der Waals surface area contributed by atoms with E-state index in [-0.39, 0.29) is 17.4 Å². The van der Waals surface area contributed by atoms with E-state index in [0.29, 0.717) is 33.8 Å². The van der Waals surface area contributed by atoms with E-state index in [1.807, 2.05) is 106 Å². The third-order valence-corrected chi connectivity index (χ3v) is 7.98. The number of hydrogen-bond acceptors (Lipinski definition) is 3. The van der Waals surface area contributed by atoms with Gasteiger partial charge in [-0.05, 0) is 85.2 Å². The number of fused-ring (bicyclic) bond motifs is 1. The molecule has 0 aromatic heterocycles. The molecule has 5 heteroatoms. The zero-order chi connectivity index (χ0) is 26.6. The highest BCUT2D eigenvalue weighted by atomic mass is 35.5. The quantitative estimate of drug-likeness (QED) is 0.305. The van der Waals surface area contributed by atoms with Crippen LogP contribution in [0.4, 0.5) is 5.69 Å². The van der Waals surface area contributed by atoms with Gasteiger partial charge in [-0.15, -0.1) is 0 Å². The Kier molecular flexibility index (Phi) is 6.04. The third-order valence-electron chi connectivity index (χ3n) is 7.61. The van der Waals surface area contributed by atoms with Gasteiger partial charge in [0.05, 0.1) is 12.2 Å². The minimum Gasteiger partial charge on any atom is -0.507 e. The van der Waals surface area contributed by atoms with Crippen LogP contribution in [-0.4, -0.2) is 16.1 Å². The first-order valence-electron chi connectivity index (χ1n) is 12.3. The van der Waals surface area contributed by atoms with Gasteiger partial charge in [-0.1, -0.05) is 72.3 Å². The second kappa shape index (κ2) is 8.97. The lowest BCUT2D eigenvalue weighted by Gasteiger charge is -2.32. The van der Waals surface area contributed by atoms with E-state index < -0.39 is 5.41 Å². The number of carbonyl (C=O) groups excluding carboxylic acids is 1. The molecule has 0 atom stereocenters. The Bertz CT molecular complexity index is 1470. The molecule has 0 unspecified atom stereocenters. The summed E-state index contributed by atoms with van der Waals surface area (Å²) in [4.78, 5) is 16.8. The zero-order valence-corrected chi connectivity index (χ0v) is 22.4. The molecule has 1 aliphatic rings. The Morgan fingerprint density at radius 3 is 1.76 bits per heavy atom. The molecular formula is C32H30ClNO3. The fourth-order valence-electron chi connectivity index (χ4n) is 5.76. The van der Waals surface area contributed by atoms with Crippen molar-refractivity contribution in [3.05, 3.63) is 122 Å². The fourth-order valence-corrected chi connectivity index (χ4v) is 5.95. The Labute approximate surface area is 222 Å². The molecule has 188 valence electrons. The summed E-state index contributed by atoms with van der Waals surface area (Å²) in [7, 11) is 0. The van der Waals surface area contributed by atoms with Crippen LogP contribution < -0.4 is 4.90 Å². The van der Waals surface area contributed by atoms with E-state index in [1.54, 1.807) is 0 Å². The Hall–Kier alpha value is -3.76. The van der Waals surface area contributed by atoms with Gasteiger partial charge in [-0.25, -0.2) is 0 Å². The van der Waals surface area contributed by atoms with Crippen LogP contribution in [-0.2, 0) is 16.8 Å². The van der Waals surface area contributed by atoms with Crippen molar-refractivity contribution in [2.75, 3.05) is 4.90 Å². The van der Waals surface area contributed by atoms with E-state index in [0.717, 1.165) is 33.5 Å². The van der Waals surface area contributed by atoms with Crippen LogP contribution in [0.2, 0.25) is 5.02 Å². The van der Waals surface area contributed by atoms with E-state index in [1.165, 1.54) is 0 Å². The Morgan fingerprint density at radius 2 is 1.24 bits per heavy atom. The normalized spacial score (nSPS) is 14.2. The van der Waals surface area contributed by atoms with Crippen molar-refractivity contribution in [3.63, 3.8) is 0 Å². The summed E-state index contributed by atoms with van der Waals surface area (Å²) in [6, 6.07) is 21.2. The lowest BCUT2D eigenvalue weighted by molar-refractivity contribution is -0.120. The number of aromatic hydroxyl groups is 2. The van der Waals surface area contributed by atoms with Gasteiger partial charge in [0.25, 0.3) is 0 Å². The predicted molar refractivity (Wildman–Crippen MR) is 149 cm³/mol. The lowest BCUT2D eigenvalue weighted by atomic mass is 9.68. The molecule has 4 aromatic rings. The maximum absolute atomic E-state index is 14.9. The molecular weight excluding hydrogens is 482 g/mol. The molecule has 0 radical (unpaired) electrons. The molecule has 0 aliphatic carbocycles. The zero-order valence-electron chi connectivity index (χ0n) is 21.7. The second-order valence-electron chi connectivity index (χ2n) is 10.1. The van der Waals surface area contributed by atoms with Crippen molar-refractivity contribution in [1.29, 1.82) is 0 Å². The van der Waals surface area contributed by atoms with Gasteiger partial charge in [0.2, 0.25) is 5.91 Å². The summed E-state index contributed by atoms with van der Waals surface area (Å²) >= 11 is 6.55. The van der Waals surface area contributed by atoms with Gasteiger partial charge in [-0.2, -0.15) is 0 Å². The first-order chi connectivity index (χ1) is 17.6. The summed E-state index contributed by atoms with van der Waals surface area (Å²) in [6.45, 7) is 9.75. The SMILES string of the molecule is Cc1cc(C2(c3cc(C)c(O)c(C)c3)C(=O)N(Cc3ccccc3Cl)c3c(C)cccc32)cc(C)c1O. The standard InChI is InChI=1S/C32H30ClNO3/c1-18-9-8-11-26-28(18)34(17-23-10-6-7-12-27(23)33)31(37)32(26,24-13-19(2)29(35)20(3)14-24)25-15-21(4)30(36)22(5)16-25/h6-16,35-36H,17H2,1-5H3. The van der Waals surface area contributed by atoms with E-state index in [9.17, 15) is 15.0 Å². The predicted octanol–water partition coefficient (Wildman–Crippen LogP) is 7.17. The summed E-state index contributed by atoms with van der Waals surface area (Å²) in [6.07, 6.45) is 0. The number of carbonyl (C=O) groups is 1. The van der Waals surface area contributed by atoms with Gasteiger partial charge in [0.1, 0.15) is 16.9 Å². The smallest absolute Gasteiger partial charge is 0.247 e. The molecule has 0 saturated carbocycles. The maximum atomic E-state index is 14.9. The van der Waals surface area contributed by atoms with Crippen LogP contribution in [0.15, 0.2) is 66.7 Å². The molecule has 4 nitrogen and oxygen atoms in total. The fraction of sp³-hybridized carbons (Fsp3) is 0.219. The topological polar surface area (TPSA) is 60.8 Å². The molecule has 37 heavy (non-hydrogen) atoms. The van der Waals surface area contributed by atoms with Gasteiger partial charge in [0, 0.05) is 10.6 Å². The van der Waals surface area contributed by atoms with Gasteiger partial charge in [-0.3, -0.25) is 4.79 Å². The molecule has 0 saturated heterocycles. The van der Waals surface area contributed by atoms with Crippen LogP contribution in [0.1, 0.15) is 50.1 Å². The number of anilines is 1. The van der Waals surface area contributed by atoms with Crippen molar-refractivity contribution < 1.29 is 15.0 Å². The minimum absolute atomic E-state index is 0.0919. The van der Waals surface area contributed by atoms with Crippen molar-refractivity contribution >= 4 is 23.2 Å². The Morgan fingerprint density at radius 1 is 0.730 bits per heavy atom. The molecule has 0 spiro atoms. The average molecular weight is 512 g/mol. The number of rotatable bonds is 4. The molecule has 4 aromatic carbocycles. The highest BCUT2D eigenvalue weighted by Crippen LogP contribution is 2.53.